The predicted octanol–water partition coefficient (Wildman–Crippen LogP) is 1.00. The number of hydrogen-bond donors (Lipinski definition) is 2. The van der Waals surface area contributed by atoms with Gasteiger partial charge in [-0.15, -0.1) is 0 Å². The van der Waals surface area contributed by atoms with Crippen molar-refractivity contribution in [3.05, 3.63) is 0 Å². The topological polar surface area (TPSA) is 33.3 Å². The summed E-state index contributed by atoms with van der Waals surface area (Å²) in [5.74, 6) is 0.840. The molecule has 2 N–H and O–H groups in total. The van der Waals surface area contributed by atoms with E-state index in [0.29, 0.717) is 0 Å². The van der Waals surface area contributed by atoms with Crippen LogP contribution >= 0.6 is 0 Å². The Balaban J connectivity index is 2.17. The van der Waals surface area contributed by atoms with Crippen LogP contribution < -0.4 is 10.6 Å². The SMILES string of the molecule is COCC(C)(C)NCC1CCNCC1. The van der Waals surface area contributed by atoms with Gasteiger partial charge in [0.25, 0.3) is 0 Å². The van der Waals surface area contributed by atoms with Gasteiger partial charge in [-0.25, -0.2) is 0 Å². The number of hydrogen-bond acceptors (Lipinski definition) is 3. The maximum atomic E-state index is 5.17. The highest BCUT2D eigenvalue weighted by atomic mass is 16.5. The first kappa shape index (κ1) is 12.0. The van der Waals surface area contributed by atoms with Gasteiger partial charge in [0.1, 0.15) is 0 Å². The Labute approximate surface area is 87.6 Å². The average molecular weight is 200 g/mol. The lowest BCUT2D eigenvalue weighted by Gasteiger charge is -2.30. The second-order valence-corrected chi connectivity index (χ2v) is 4.89. The van der Waals surface area contributed by atoms with E-state index in [4.69, 9.17) is 4.74 Å². The van der Waals surface area contributed by atoms with Gasteiger partial charge in [-0.1, -0.05) is 0 Å². The van der Waals surface area contributed by atoms with Crippen molar-refractivity contribution in [1.82, 2.24) is 10.6 Å². The van der Waals surface area contributed by atoms with Crippen LogP contribution in [0.3, 0.4) is 0 Å². The lowest BCUT2D eigenvalue weighted by Crippen LogP contribution is -2.46. The molecule has 0 atom stereocenters. The Morgan fingerprint density at radius 1 is 1.36 bits per heavy atom. The van der Waals surface area contributed by atoms with Crippen molar-refractivity contribution in [3.63, 3.8) is 0 Å². The maximum Gasteiger partial charge on any atom is 0.0639 e. The van der Waals surface area contributed by atoms with Crippen LogP contribution in [0, 0.1) is 5.92 Å². The number of methoxy groups -OCH3 is 1. The summed E-state index contributed by atoms with van der Waals surface area (Å²) in [4.78, 5) is 0. The normalized spacial score (nSPS) is 19.9. The van der Waals surface area contributed by atoms with Crippen LogP contribution in [-0.2, 0) is 4.74 Å². The summed E-state index contributed by atoms with van der Waals surface area (Å²) in [7, 11) is 1.76. The Morgan fingerprint density at radius 3 is 2.57 bits per heavy atom. The Hall–Kier alpha value is -0.120. The molecule has 0 unspecified atom stereocenters. The Morgan fingerprint density at radius 2 is 2.00 bits per heavy atom. The summed E-state index contributed by atoms with van der Waals surface area (Å²) < 4.78 is 5.17. The fourth-order valence-electron chi connectivity index (χ4n) is 1.92. The molecule has 0 aromatic heterocycles. The van der Waals surface area contributed by atoms with Crippen LogP contribution in [0.15, 0.2) is 0 Å². The minimum Gasteiger partial charge on any atom is -0.383 e. The molecule has 0 aromatic rings. The first-order chi connectivity index (χ1) is 6.64. The van der Waals surface area contributed by atoms with Gasteiger partial charge in [-0.3, -0.25) is 0 Å². The predicted molar refractivity (Wildman–Crippen MR) is 59.6 cm³/mol. The highest BCUT2D eigenvalue weighted by Gasteiger charge is 2.19. The largest absolute Gasteiger partial charge is 0.383 e. The smallest absolute Gasteiger partial charge is 0.0639 e. The first-order valence-corrected chi connectivity index (χ1v) is 5.59. The number of nitrogens with one attached hydrogen (secondary N) is 2. The second-order valence-electron chi connectivity index (χ2n) is 4.89. The van der Waals surface area contributed by atoms with Gasteiger partial charge in [-0.05, 0) is 52.2 Å². The molecular weight excluding hydrogens is 176 g/mol. The fraction of sp³-hybridized carbons (Fsp3) is 1.00. The van der Waals surface area contributed by atoms with E-state index in [-0.39, 0.29) is 5.54 Å². The van der Waals surface area contributed by atoms with Gasteiger partial charge in [0.05, 0.1) is 6.61 Å². The quantitative estimate of drug-likeness (QED) is 0.694. The highest BCUT2D eigenvalue weighted by Crippen LogP contribution is 2.12. The molecular formula is C11H24N2O. The average Bonchev–Trinajstić information content (AvgIpc) is 2.17. The third-order valence-corrected chi connectivity index (χ3v) is 2.83. The molecule has 1 saturated heterocycles. The van der Waals surface area contributed by atoms with Crippen LogP contribution in [0.4, 0.5) is 0 Å². The van der Waals surface area contributed by atoms with Gasteiger partial charge in [-0.2, -0.15) is 0 Å². The zero-order chi connectivity index (χ0) is 10.4. The number of rotatable bonds is 5. The van der Waals surface area contributed by atoms with Gasteiger partial charge in [0, 0.05) is 12.6 Å². The minimum absolute atomic E-state index is 0.111. The molecule has 0 radical (unpaired) electrons. The van der Waals surface area contributed by atoms with Gasteiger partial charge >= 0.3 is 0 Å². The third-order valence-electron chi connectivity index (χ3n) is 2.83. The highest BCUT2D eigenvalue weighted by molar-refractivity contribution is 4.80. The molecule has 14 heavy (non-hydrogen) atoms. The molecule has 84 valence electrons. The van der Waals surface area contributed by atoms with Gasteiger partial charge < -0.3 is 15.4 Å². The van der Waals surface area contributed by atoms with Crippen LogP contribution in [-0.4, -0.2) is 38.9 Å². The van der Waals surface area contributed by atoms with E-state index >= 15 is 0 Å². The van der Waals surface area contributed by atoms with Crippen molar-refractivity contribution in [2.75, 3.05) is 33.4 Å². The molecule has 0 aromatic carbocycles. The molecule has 0 aliphatic carbocycles. The molecule has 1 rings (SSSR count). The van der Waals surface area contributed by atoms with E-state index in [1.54, 1.807) is 7.11 Å². The van der Waals surface area contributed by atoms with Crippen LogP contribution in [0.1, 0.15) is 26.7 Å². The minimum atomic E-state index is 0.111. The summed E-state index contributed by atoms with van der Waals surface area (Å²) >= 11 is 0. The molecule has 1 heterocycles. The van der Waals surface area contributed by atoms with Crippen LogP contribution in [0.5, 0.6) is 0 Å². The molecule has 1 aliphatic heterocycles. The first-order valence-electron chi connectivity index (χ1n) is 5.59. The van der Waals surface area contributed by atoms with Crippen molar-refractivity contribution in [2.24, 2.45) is 5.92 Å². The van der Waals surface area contributed by atoms with E-state index in [2.05, 4.69) is 24.5 Å². The van der Waals surface area contributed by atoms with Crippen molar-refractivity contribution in [1.29, 1.82) is 0 Å². The molecule has 3 nitrogen and oxygen atoms in total. The molecule has 0 saturated carbocycles. The number of piperidine rings is 1. The van der Waals surface area contributed by atoms with Crippen molar-refractivity contribution >= 4 is 0 Å². The zero-order valence-corrected chi connectivity index (χ0v) is 9.73. The summed E-state index contributed by atoms with van der Waals surface area (Å²) in [5, 5.41) is 6.96. The van der Waals surface area contributed by atoms with Crippen LogP contribution in [0.2, 0.25) is 0 Å². The molecule has 1 aliphatic rings. The monoisotopic (exact) mass is 200 g/mol. The third kappa shape index (κ3) is 4.40. The zero-order valence-electron chi connectivity index (χ0n) is 9.73. The Bertz CT molecular complexity index is 153. The molecule has 3 heteroatoms. The maximum absolute atomic E-state index is 5.17. The lowest BCUT2D eigenvalue weighted by molar-refractivity contribution is 0.124. The summed E-state index contributed by atoms with van der Waals surface area (Å²) in [5.41, 5.74) is 0.111. The van der Waals surface area contributed by atoms with Crippen molar-refractivity contribution in [2.45, 2.75) is 32.2 Å². The molecule has 0 bridgehead atoms. The molecule has 0 amide bonds. The van der Waals surface area contributed by atoms with E-state index in [1.165, 1.54) is 25.9 Å². The van der Waals surface area contributed by atoms with Gasteiger partial charge in [0.2, 0.25) is 0 Å². The van der Waals surface area contributed by atoms with Crippen molar-refractivity contribution < 1.29 is 4.74 Å². The molecule has 0 spiro atoms. The summed E-state index contributed by atoms with van der Waals surface area (Å²) in [6.45, 7) is 8.64. The van der Waals surface area contributed by atoms with E-state index in [1.807, 2.05) is 0 Å². The molecule has 1 fully saturated rings. The van der Waals surface area contributed by atoms with E-state index < -0.39 is 0 Å². The standard InChI is InChI=1S/C11H24N2O/c1-11(2,9-14-3)13-8-10-4-6-12-7-5-10/h10,12-13H,4-9H2,1-3H3. The summed E-state index contributed by atoms with van der Waals surface area (Å²) in [6.07, 6.45) is 2.60. The van der Waals surface area contributed by atoms with Crippen LogP contribution in [0.25, 0.3) is 0 Å². The van der Waals surface area contributed by atoms with E-state index in [0.717, 1.165) is 19.1 Å². The summed E-state index contributed by atoms with van der Waals surface area (Å²) in [6, 6.07) is 0. The number of ether oxygens (including phenoxy) is 1. The van der Waals surface area contributed by atoms with Crippen molar-refractivity contribution in [3.8, 4) is 0 Å². The van der Waals surface area contributed by atoms with E-state index in [9.17, 15) is 0 Å². The Kier molecular flexibility index (Phi) is 4.85. The van der Waals surface area contributed by atoms with Gasteiger partial charge in [0.15, 0.2) is 0 Å². The lowest BCUT2D eigenvalue weighted by atomic mass is 9.96. The second kappa shape index (κ2) is 5.69. The fourth-order valence-corrected chi connectivity index (χ4v) is 1.92.